The van der Waals surface area contributed by atoms with Crippen molar-refractivity contribution in [1.29, 1.82) is 5.26 Å². The van der Waals surface area contributed by atoms with Gasteiger partial charge in [0.2, 0.25) is 0 Å². The smallest absolute Gasteiger partial charge is 0.115 e. The van der Waals surface area contributed by atoms with Gasteiger partial charge < -0.3 is 0 Å². The van der Waals surface area contributed by atoms with Crippen molar-refractivity contribution in [2.75, 3.05) is 5.75 Å². The molecular formula is C27H30N2S. The fourth-order valence-electron chi connectivity index (χ4n) is 3.56. The summed E-state index contributed by atoms with van der Waals surface area (Å²) in [5.41, 5.74) is 4.72. The van der Waals surface area contributed by atoms with Crippen LogP contribution < -0.4 is 0 Å². The summed E-state index contributed by atoms with van der Waals surface area (Å²) in [6, 6.07) is 24.9. The van der Waals surface area contributed by atoms with Crippen molar-refractivity contribution in [3.63, 3.8) is 0 Å². The Kier molecular flexibility index (Phi) is 9.00. The SMILES string of the molecule is CCCCCCCCCSc1nc(-c2ccccc2)cc(-c2ccccc2)c1C#N. The molecule has 0 aliphatic carbocycles. The Balaban J connectivity index is 1.80. The maximum absolute atomic E-state index is 9.94. The van der Waals surface area contributed by atoms with E-state index in [4.69, 9.17) is 4.98 Å². The second-order valence-corrected chi connectivity index (χ2v) is 8.63. The molecular weight excluding hydrogens is 384 g/mol. The molecule has 0 saturated heterocycles. The number of rotatable bonds is 11. The molecule has 2 nitrogen and oxygen atoms in total. The Bertz CT molecular complexity index is 946. The number of nitriles is 1. The van der Waals surface area contributed by atoms with Crippen molar-refractivity contribution in [2.45, 2.75) is 56.9 Å². The number of thioether (sulfide) groups is 1. The summed E-state index contributed by atoms with van der Waals surface area (Å²) >= 11 is 1.72. The van der Waals surface area contributed by atoms with E-state index in [2.05, 4.69) is 43.3 Å². The number of benzene rings is 2. The van der Waals surface area contributed by atoms with Gasteiger partial charge >= 0.3 is 0 Å². The molecule has 0 aliphatic heterocycles. The van der Waals surface area contributed by atoms with Gasteiger partial charge in [0, 0.05) is 11.1 Å². The van der Waals surface area contributed by atoms with E-state index >= 15 is 0 Å². The summed E-state index contributed by atoms with van der Waals surface area (Å²) in [6.45, 7) is 2.25. The third kappa shape index (κ3) is 6.21. The van der Waals surface area contributed by atoms with Gasteiger partial charge in [-0.25, -0.2) is 4.98 Å². The number of hydrogen-bond acceptors (Lipinski definition) is 3. The molecule has 2 aromatic carbocycles. The first kappa shape index (κ1) is 22.1. The molecule has 1 aromatic heterocycles. The van der Waals surface area contributed by atoms with Crippen molar-refractivity contribution in [3.05, 3.63) is 72.3 Å². The normalized spacial score (nSPS) is 10.7. The summed E-state index contributed by atoms with van der Waals surface area (Å²) in [5, 5.41) is 10.8. The lowest BCUT2D eigenvalue weighted by atomic mass is 9.99. The lowest BCUT2D eigenvalue weighted by Gasteiger charge is -2.12. The molecule has 3 aromatic rings. The van der Waals surface area contributed by atoms with E-state index in [1.165, 1.54) is 44.9 Å². The number of pyridine rings is 1. The van der Waals surface area contributed by atoms with Gasteiger partial charge in [-0.1, -0.05) is 106 Å². The summed E-state index contributed by atoms with van der Waals surface area (Å²) in [5.74, 6) is 1.00. The van der Waals surface area contributed by atoms with Crippen LogP contribution in [0.15, 0.2) is 71.8 Å². The molecule has 0 radical (unpaired) electrons. The monoisotopic (exact) mass is 414 g/mol. The zero-order chi connectivity index (χ0) is 21.0. The van der Waals surface area contributed by atoms with Gasteiger partial charge in [0.25, 0.3) is 0 Å². The molecule has 0 N–H and O–H groups in total. The maximum atomic E-state index is 9.94. The topological polar surface area (TPSA) is 36.7 Å². The molecule has 0 atom stereocenters. The third-order valence-electron chi connectivity index (χ3n) is 5.24. The highest BCUT2D eigenvalue weighted by Gasteiger charge is 2.15. The predicted molar refractivity (Wildman–Crippen MR) is 129 cm³/mol. The minimum atomic E-state index is 0.689. The van der Waals surface area contributed by atoms with Crippen molar-refractivity contribution < 1.29 is 0 Å². The molecule has 154 valence electrons. The predicted octanol–water partition coefficient (Wildman–Crippen LogP) is 8.13. The average molecular weight is 415 g/mol. The fourth-order valence-corrected chi connectivity index (χ4v) is 4.57. The van der Waals surface area contributed by atoms with Gasteiger partial charge in [0.05, 0.1) is 11.3 Å². The fraction of sp³-hybridized carbons (Fsp3) is 0.333. The molecule has 30 heavy (non-hydrogen) atoms. The Labute approximate surface area is 185 Å². The minimum absolute atomic E-state index is 0.689. The highest BCUT2D eigenvalue weighted by Crippen LogP contribution is 2.34. The van der Waals surface area contributed by atoms with Crippen LogP contribution in [0.5, 0.6) is 0 Å². The van der Waals surface area contributed by atoms with Crippen LogP contribution in [0.1, 0.15) is 57.4 Å². The number of hydrogen-bond donors (Lipinski definition) is 0. The van der Waals surface area contributed by atoms with Gasteiger partial charge in [0.1, 0.15) is 11.1 Å². The molecule has 0 bridgehead atoms. The Morgan fingerprint density at radius 2 is 1.40 bits per heavy atom. The van der Waals surface area contributed by atoms with Gasteiger partial charge in [0.15, 0.2) is 0 Å². The Morgan fingerprint density at radius 3 is 2.03 bits per heavy atom. The second kappa shape index (κ2) is 12.2. The first-order valence-corrected chi connectivity index (χ1v) is 12.0. The first-order chi connectivity index (χ1) is 14.8. The molecule has 0 saturated carbocycles. The maximum Gasteiger partial charge on any atom is 0.115 e. The zero-order valence-electron chi connectivity index (χ0n) is 17.8. The quantitative estimate of drug-likeness (QED) is 0.235. The van der Waals surface area contributed by atoms with Gasteiger partial charge in [-0.2, -0.15) is 5.26 Å². The van der Waals surface area contributed by atoms with Crippen molar-refractivity contribution >= 4 is 11.8 Å². The van der Waals surface area contributed by atoms with E-state index in [1.54, 1.807) is 11.8 Å². The van der Waals surface area contributed by atoms with Crippen molar-refractivity contribution in [3.8, 4) is 28.5 Å². The summed E-state index contributed by atoms with van der Waals surface area (Å²) < 4.78 is 0. The number of unbranched alkanes of at least 4 members (excludes halogenated alkanes) is 6. The van der Waals surface area contributed by atoms with E-state index in [1.807, 2.05) is 36.4 Å². The summed E-state index contributed by atoms with van der Waals surface area (Å²) in [4.78, 5) is 4.90. The number of nitrogens with zero attached hydrogens (tertiary/aromatic N) is 2. The minimum Gasteiger partial charge on any atom is -0.240 e. The van der Waals surface area contributed by atoms with E-state index in [0.717, 1.165) is 33.2 Å². The zero-order valence-corrected chi connectivity index (χ0v) is 18.6. The van der Waals surface area contributed by atoms with Crippen LogP contribution in [-0.4, -0.2) is 10.7 Å². The number of aromatic nitrogens is 1. The van der Waals surface area contributed by atoms with Crippen LogP contribution in [0.3, 0.4) is 0 Å². The molecule has 3 rings (SSSR count). The van der Waals surface area contributed by atoms with Gasteiger partial charge in [-0.15, -0.1) is 11.8 Å². The van der Waals surface area contributed by atoms with Crippen LogP contribution >= 0.6 is 11.8 Å². The first-order valence-electron chi connectivity index (χ1n) is 11.0. The standard InChI is InChI=1S/C27H30N2S/c1-2-3-4-5-6-7-14-19-30-27-25(21-28)24(22-15-10-8-11-16-22)20-26(29-27)23-17-12-9-13-18-23/h8-13,15-18,20H,2-7,14,19H2,1H3. The molecule has 3 heteroatoms. The second-order valence-electron chi connectivity index (χ2n) is 7.55. The van der Waals surface area contributed by atoms with E-state index in [9.17, 15) is 5.26 Å². The van der Waals surface area contributed by atoms with Crippen LogP contribution in [0.2, 0.25) is 0 Å². The molecule has 0 fully saturated rings. The van der Waals surface area contributed by atoms with Crippen molar-refractivity contribution in [2.24, 2.45) is 0 Å². The molecule has 0 unspecified atom stereocenters. The summed E-state index contributed by atoms with van der Waals surface area (Å²) in [7, 11) is 0. The lowest BCUT2D eigenvalue weighted by molar-refractivity contribution is 0.603. The summed E-state index contributed by atoms with van der Waals surface area (Å²) in [6.07, 6.45) is 9.05. The van der Waals surface area contributed by atoms with Crippen molar-refractivity contribution in [1.82, 2.24) is 4.98 Å². The van der Waals surface area contributed by atoms with E-state index in [0.29, 0.717) is 5.56 Å². The Morgan fingerprint density at radius 1 is 0.800 bits per heavy atom. The molecule has 1 heterocycles. The molecule has 0 amide bonds. The molecule has 0 spiro atoms. The van der Waals surface area contributed by atoms with Gasteiger partial charge in [-0.3, -0.25) is 0 Å². The lowest BCUT2D eigenvalue weighted by Crippen LogP contribution is -1.96. The highest BCUT2D eigenvalue weighted by atomic mass is 32.2. The van der Waals surface area contributed by atoms with E-state index in [-0.39, 0.29) is 0 Å². The Hall–Kier alpha value is -2.57. The van der Waals surface area contributed by atoms with Gasteiger partial charge in [-0.05, 0) is 23.8 Å². The van der Waals surface area contributed by atoms with Crippen LogP contribution in [-0.2, 0) is 0 Å². The molecule has 0 aliphatic rings. The van der Waals surface area contributed by atoms with Crippen LogP contribution in [0.4, 0.5) is 0 Å². The third-order valence-corrected chi connectivity index (χ3v) is 6.30. The average Bonchev–Trinajstić information content (AvgIpc) is 2.81. The van der Waals surface area contributed by atoms with Crippen LogP contribution in [0.25, 0.3) is 22.4 Å². The highest BCUT2D eigenvalue weighted by molar-refractivity contribution is 7.99. The largest absolute Gasteiger partial charge is 0.240 e. The van der Waals surface area contributed by atoms with Crippen LogP contribution in [0, 0.1) is 11.3 Å². The van der Waals surface area contributed by atoms with E-state index < -0.39 is 0 Å².